The molecule has 0 saturated carbocycles. The Morgan fingerprint density at radius 1 is 1.37 bits per heavy atom. The molecular formula is C12H28O5S2. The molecule has 0 radical (unpaired) electrons. The molecule has 0 heterocycles. The van der Waals surface area contributed by atoms with Crippen LogP contribution in [-0.4, -0.2) is 36.1 Å². The third kappa shape index (κ3) is 20.5. The largest absolute Gasteiger partial charge is 0.691 e. The topological polar surface area (TPSA) is 67.8 Å². The molecule has 0 spiro atoms. The molecular weight excluding hydrogens is 288 g/mol. The maximum absolute atomic E-state index is 10.5. The first-order valence-corrected chi connectivity index (χ1v) is 8.49. The van der Waals surface area contributed by atoms with Crippen molar-refractivity contribution in [2.24, 2.45) is 0 Å². The van der Waals surface area contributed by atoms with Crippen molar-refractivity contribution in [1.82, 2.24) is 0 Å². The fourth-order valence-corrected chi connectivity index (χ4v) is 1.46. The molecule has 7 heteroatoms. The van der Waals surface area contributed by atoms with Crippen LogP contribution >= 0.6 is 12.0 Å². The summed E-state index contributed by atoms with van der Waals surface area (Å²) in [5.74, 6) is 0.850. The molecule has 0 aromatic carbocycles. The lowest BCUT2D eigenvalue weighted by Crippen LogP contribution is -2.15. The van der Waals surface area contributed by atoms with Gasteiger partial charge in [0.05, 0.1) is 26.0 Å². The molecule has 0 aliphatic rings. The van der Waals surface area contributed by atoms with E-state index in [1.165, 1.54) is 7.11 Å². The summed E-state index contributed by atoms with van der Waals surface area (Å²) in [4.78, 5) is 10.5. The van der Waals surface area contributed by atoms with Gasteiger partial charge in [0.25, 0.3) is 0 Å². The van der Waals surface area contributed by atoms with Crippen molar-refractivity contribution in [2.45, 2.75) is 45.8 Å². The third-order valence-electron chi connectivity index (χ3n) is 2.08. The molecule has 118 valence electrons. The van der Waals surface area contributed by atoms with Gasteiger partial charge in [0.2, 0.25) is 0 Å². The van der Waals surface area contributed by atoms with Gasteiger partial charge < -0.3 is 9.99 Å². The van der Waals surface area contributed by atoms with Crippen LogP contribution in [0.15, 0.2) is 0 Å². The fraction of sp³-hybridized carbons (Fsp3) is 0.917. The summed E-state index contributed by atoms with van der Waals surface area (Å²) >= 11 is 1.04. The molecule has 5 nitrogen and oxygen atoms in total. The monoisotopic (exact) mass is 316 g/mol. The summed E-state index contributed by atoms with van der Waals surface area (Å²) in [6.45, 7) is 5.95. The quantitative estimate of drug-likeness (QED) is 0.236. The number of rotatable bonds is 7. The van der Waals surface area contributed by atoms with E-state index in [1.807, 2.05) is 20.8 Å². The maximum Gasteiger partial charge on any atom is 0.310 e. The highest BCUT2D eigenvalue weighted by Gasteiger charge is 2.16. The van der Waals surface area contributed by atoms with Gasteiger partial charge in [-0.3, -0.25) is 9.83 Å². The van der Waals surface area contributed by atoms with E-state index >= 15 is 0 Å². The number of carbonyl (C=O) groups excluding carboxylic acids is 1. The molecule has 0 aliphatic carbocycles. The molecule has 0 atom stereocenters. The van der Waals surface area contributed by atoms with E-state index in [0.29, 0.717) is 17.3 Å². The maximum atomic E-state index is 10.5. The van der Waals surface area contributed by atoms with Crippen LogP contribution in [0.25, 0.3) is 0 Å². The van der Waals surface area contributed by atoms with Gasteiger partial charge >= 0.3 is 5.97 Å². The molecule has 0 rings (SSSR count). The highest BCUT2D eigenvalue weighted by Crippen LogP contribution is 2.27. The van der Waals surface area contributed by atoms with Crippen molar-refractivity contribution in [1.29, 1.82) is 0 Å². The molecule has 0 aromatic heterocycles. The Bertz CT molecular complexity index is 210. The van der Waals surface area contributed by atoms with Crippen molar-refractivity contribution in [3.63, 3.8) is 0 Å². The van der Waals surface area contributed by atoms with Gasteiger partial charge in [0, 0.05) is 16.8 Å². The third-order valence-corrected chi connectivity index (χ3v) is 3.97. The Hall–Kier alpha value is 0.0500. The number of hydrogen-bond donors (Lipinski definition) is 0. The summed E-state index contributed by atoms with van der Waals surface area (Å²) in [6, 6.07) is 0. The number of carbonyl (C=O) groups is 1. The Labute approximate surface area is 124 Å². The van der Waals surface area contributed by atoms with Gasteiger partial charge in [0.1, 0.15) is 5.75 Å². The van der Waals surface area contributed by atoms with Crippen LogP contribution in [0.3, 0.4) is 0 Å². The number of ether oxygens (including phenoxy) is 1. The van der Waals surface area contributed by atoms with Gasteiger partial charge in [-0.15, -0.1) is 0 Å². The second-order valence-electron chi connectivity index (χ2n) is 4.35. The molecule has 0 aromatic rings. The van der Waals surface area contributed by atoms with Crippen LogP contribution in [0, 0.1) is 0 Å². The number of esters is 1. The highest BCUT2D eigenvalue weighted by molar-refractivity contribution is 7.96. The van der Waals surface area contributed by atoms with E-state index in [0.717, 1.165) is 24.2 Å². The Morgan fingerprint density at radius 2 is 1.89 bits per heavy atom. The van der Waals surface area contributed by atoms with Crippen LogP contribution < -0.4 is 5.26 Å². The SMILES string of the molecule is C.CCC(C)(C)SOO[O-].COC(=O)CC[S+](C)C. The lowest BCUT2D eigenvalue weighted by molar-refractivity contribution is -0.777. The number of methoxy groups -OCH3 is 1. The van der Waals surface area contributed by atoms with Gasteiger partial charge in [-0.2, -0.15) is 4.33 Å². The molecule has 0 amide bonds. The number of hydrogen-bond acceptors (Lipinski definition) is 6. The zero-order valence-electron chi connectivity index (χ0n) is 12.0. The van der Waals surface area contributed by atoms with E-state index < -0.39 is 0 Å². The summed E-state index contributed by atoms with van der Waals surface area (Å²) in [5.41, 5.74) is 0. The minimum atomic E-state index is -0.101. The first-order valence-electron chi connectivity index (χ1n) is 5.54. The van der Waals surface area contributed by atoms with Crippen LogP contribution in [0.2, 0.25) is 0 Å². The molecule has 0 aliphatic heterocycles. The van der Waals surface area contributed by atoms with Crippen LogP contribution in [0.5, 0.6) is 0 Å². The van der Waals surface area contributed by atoms with Crippen molar-refractivity contribution in [2.75, 3.05) is 25.4 Å². The minimum absolute atomic E-state index is 0. The summed E-state index contributed by atoms with van der Waals surface area (Å²) in [5, 5.41) is 12.5. The second-order valence-corrected chi connectivity index (χ2v) is 8.14. The Balaban J connectivity index is -0.000000256. The van der Waals surface area contributed by atoms with Crippen LogP contribution in [0.1, 0.15) is 41.0 Å². The molecule has 0 bridgehead atoms. The van der Waals surface area contributed by atoms with Crippen molar-refractivity contribution < 1.29 is 24.2 Å². The van der Waals surface area contributed by atoms with Crippen molar-refractivity contribution >= 4 is 28.9 Å². The van der Waals surface area contributed by atoms with Crippen molar-refractivity contribution in [3.8, 4) is 0 Å². The average molecular weight is 316 g/mol. The Kier molecular flexibility index (Phi) is 18.3. The van der Waals surface area contributed by atoms with Crippen LogP contribution in [-0.2, 0) is 29.8 Å². The average Bonchev–Trinajstić information content (AvgIpc) is 2.34. The van der Waals surface area contributed by atoms with Gasteiger partial charge in [-0.25, -0.2) is 0 Å². The van der Waals surface area contributed by atoms with E-state index in [2.05, 4.69) is 26.6 Å². The van der Waals surface area contributed by atoms with E-state index in [4.69, 9.17) is 0 Å². The van der Waals surface area contributed by atoms with Gasteiger partial charge in [-0.05, 0) is 31.2 Å². The van der Waals surface area contributed by atoms with Gasteiger partial charge in [0.15, 0.2) is 0 Å². The summed E-state index contributed by atoms with van der Waals surface area (Å²) < 4.78 is 8.58. The van der Waals surface area contributed by atoms with E-state index in [-0.39, 0.29) is 18.1 Å². The lowest BCUT2D eigenvalue weighted by atomic mass is 10.1. The summed E-state index contributed by atoms with van der Waals surface area (Å²) in [6.07, 6.45) is 5.72. The fourth-order valence-electron chi connectivity index (χ4n) is 0.554. The zero-order valence-corrected chi connectivity index (χ0v) is 13.6. The minimum Gasteiger partial charge on any atom is -0.691 e. The standard InChI is InChI=1S/C6H13O2S.C5H12O3S.CH4/c1-8-6(7)4-5-9(2)3;1-4-5(2,3)9-8-7-6;/h4-5H2,1-3H3;6H,4H2,1-3H3;1H4/q+1;;/p-1. The van der Waals surface area contributed by atoms with Crippen molar-refractivity contribution in [3.05, 3.63) is 0 Å². The molecule has 19 heavy (non-hydrogen) atoms. The molecule has 0 N–H and O–H groups in total. The lowest BCUT2D eigenvalue weighted by Gasteiger charge is -2.19. The Morgan fingerprint density at radius 3 is 2.21 bits per heavy atom. The second kappa shape index (κ2) is 14.5. The predicted octanol–water partition coefficient (Wildman–Crippen LogP) is 2.11. The van der Waals surface area contributed by atoms with E-state index in [9.17, 15) is 10.1 Å². The normalized spacial score (nSPS) is 10.3. The molecule has 0 unspecified atom stereocenters. The van der Waals surface area contributed by atoms with E-state index in [1.54, 1.807) is 0 Å². The highest BCUT2D eigenvalue weighted by atomic mass is 32.2. The smallest absolute Gasteiger partial charge is 0.310 e. The van der Waals surface area contributed by atoms with Crippen LogP contribution in [0.4, 0.5) is 0 Å². The zero-order chi connectivity index (χ0) is 14.6. The molecule has 0 fully saturated rings. The first-order chi connectivity index (χ1) is 8.29. The predicted molar refractivity (Wildman–Crippen MR) is 81.6 cm³/mol. The molecule has 0 saturated heterocycles. The van der Waals surface area contributed by atoms with Gasteiger partial charge in [-0.1, -0.05) is 14.4 Å². The first kappa shape index (κ1) is 24.1. The summed E-state index contributed by atoms with van der Waals surface area (Å²) in [7, 11) is 1.78.